The van der Waals surface area contributed by atoms with Crippen LogP contribution in [-0.4, -0.2) is 37.8 Å². The van der Waals surface area contributed by atoms with Gasteiger partial charge in [0.05, 0.1) is 5.56 Å². The molecule has 0 unspecified atom stereocenters. The Bertz CT molecular complexity index is 707. The van der Waals surface area contributed by atoms with Crippen LogP contribution in [-0.2, 0) is 9.53 Å². The van der Waals surface area contributed by atoms with E-state index in [1.165, 1.54) is 0 Å². The number of rotatable bonds is 5. The number of amides is 2. The lowest BCUT2D eigenvalue weighted by molar-refractivity contribution is -0.146. The largest absolute Gasteiger partial charge is 0.467 e. The van der Waals surface area contributed by atoms with Gasteiger partial charge in [-0.3, -0.25) is 9.59 Å². The topological polar surface area (TPSA) is 76.7 Å². The van der Waals surface area contributed by atoms with Gasteiger partial charge >= 0.3 is 0 Å². The van der Waals surface area contributed by atoms with Crippen LogP contribution in [0.4, 0.5) is 0 Å². The van der Waals surface area contributed by atoms with E-state index in [-0.39, 0.29) is 29.6 Å². The van der Waals surface area contributed by atoms with Crippen molar-refractivity contribution in [3.63, 3.8) is 0 Å². The summed E-state index contributed by atoms with van der Waals surface area (Å²) in [6.07, 6.45) is 4.30. The van der Waals surface area contributed by atoms with Crippen molar-refractivity contribution in [2.75, 3.05) is 20.3 Å². The van der Waals surface area contributed by atoms with Crippen molar-refractivity contribution in [2.24, 2.45) is 17.8 Å². The van der Waals surface area contributed by atoms with Crippen LogP contribution in [0.2, 0.25) is 0 Å². The Kier molecular flexibility index (Phi) is 4.61. The molecule has 1 aromatic carbocycles. The van der Waals surface area contributed by atoms with Crippen LogP contribution in [0.5, 0.6) is 5.75 Å². The van der Waals surface area contributed by atoms with Gasteiger partial charge in [0.2, 0.25) is 5.91 Å². The normalized spacial score (nSPS) is 31.9. The zero-order valence-corrected chi connectivity index (χ0v) is 15.1. The van der Waals surface area contributed by atoms with E-state index in [0.717, 1.165) is 25.7 Å². The van der Waals surface area contributed by atoms with E-state index < -0.39 is 5.72 Å². The van der Waals surface area contributed by atoms with Gasteiger partial charge in [-0.15, -0.1) is 0 Å². The fourth-order valence-electron chi connectivity index (χ4n) is 4.84. The number of fused-ring (bicyclic) bond motifs is 3. The first-order chi connectivity index (χ1) is 12.6. The Balaban J connectivity index is 1.46. The number of para-hydroxylation sites is 1. The highest BCUT2D eigenvalue weighted by Gasteiger charge is 2.57. The van der Waals surface area contributed by atoms with E-state index in [1.54, 1.807) is 13.2 Å². The molecule has 4 aliphatic rings. The zero-order valence-electron chi connectivity index (χ0n) is 15.1. The molecular weight excluding hydrogens is 332 g/mol. The van der Waals surface area contributed by atoms with Crippen molar-refractivity contribution in [1.82, 2.24) is 10.6 Å². The minimum Gasteiger partial charge on any atom is -0.467 e. The summed E-state index contributed by atoms with van der Waals surface area (Å²) < 4.78 is 11.4. The van der Waals surface area contributed by atoms with Crippen LogP contribution in [0, 0.1) is 17.8 Å². The highest BCUT2D eigenvalue weighted by atomic mass is 16.5. The third-order valence-corrected chi connectivity index (χ3v) is 6.13. The van der Waals surface area contributed by atoms with Crippen LogP contribution in [0.1, 0.15) is 42.5 Å². The quantitative estimate of drug-likeness (QED) is 0.791. The van der Waals surface area contributed by atoms with E-state index >= 15 is 0 Å². The van der Waals surface area contributed by atoms with E-state index in [4.69, 9.17) is 9.47 Å². The van der Waals surface area contributed by atoms with Crippen LogP contribution in [0.15, 0.2) is 24.3 Å². The van der Waals surface area contributed by atoms with Crippen molar-refractivity contribution in [3.8, 4) is 5.75 Å². The van der Waals surface area contributed by atoms with Crippen molar-refractivity contribution in [2.45, 2.75) is 37.8 Å². The second-order valence-corrected chi connectivity index (χ2v) is 7.66. The Hall–Kier alpha value is -2.08. The minimum atomic E-state index is -0.652. The first-order valence-corrected chi connectivity index (χ1v) is 9.50. The molecule has 1 spiro atoms. The van der Waals surface area contributed by atoms with E-state index in [9.17, 15) is 9.59 Å². The summed E-state index contributed by atoms with van der Waals surface area (Å²) in [5.74, 6) is 1.14. The molecule has 6 heteroatoms. The van der Waals surface area contributed by atoms with Gasteiger partial charge in [0.1, 0.15) is 5.75 Å². The predicted molar refractivity (Wildman–Crippen MR) is 95.7 cm³/mol. The molecule has 0 saturated heterocycles. The third-order valence-electron chi connectivity index (χ3n) is 6.13. The lowest BCUT2D eigenvalue weighted by atomic mass is 9.60. The summed E-state index contributed by atoms with van der Waals surface area (Å²) >= 11 is 0. The number of ether oxygens (including phenoxy) is 2. The third kappa shape index (κ3) is 2.96. The molecule has 6 nitrogen and oxygen atoms in total. The molecule has 0 radical (unpaired) electrons. The van der Waals surface area contributed by atoms with Gasteiger partial charge < -0.3 is 20.1 Å². The molecule has 1 aliphatic heterocycles. The lowest BCUT2D eigenvalue weighted by Gasteiger charge is -2.55. The predicted octanol–water partition coefficient (Wildman–Crippen LogP) is 2.09. The molecule has 5 rings (SSSR count). The SMILES string of the molecule is COCCCNC(=O)[C@H]1C[C@H]2CC[C@@H]1C[C@@]21NC(=O)c2ccccc2O1. The molecule has 2 N–H and O–H groups in total. The zero-order chi connectivity index (χ0) is 18.1. The van der Waals surface area contributed by atoms with Gasteiger partial charge in [0.25, 0.3) is 5.91 Å². The maximum atomic E-state index is 12.6. The Morgan fingerprint density at radius 1 is 1.38 bits per heavy atom. The number of carbonyl (C=O) groups is 2. The molecule has 26 heavy (non-hydrogen) atoms. The molecule has 1 heterocycles. The highest BCUT2D eigenvalue weighted by molar-refractivity contribution is 5.98. The van der Waals surface area contributed by atoms with Crippen molar-refractivity contribution in [1.29, 1.82) is 0 Å². The van der Waals surface area contributed by atoms with Gasteiger partial charge in [-0.05, 0) is 43.7 Å². The molecule has 4 atom stereocenters. The Morgan fingerprint density at radius 2 is 2.23 bits per heavy atom. The number of nitrogens with one attached hydrogen (secondary N) is 2. The molecule has 3 fully saturated rings. The standard InChI is InChI=1S/C20H26N2O4/c1-25-10-4-9-21-18(23)16-11-14-8-7-13(16)12-20(14)22-19(24)15-5-2-3-6-17(15)26-20/h2-3,5-6,13-14,16H,4,7-12H2,1H3,(H,21,23)(H,22,24)/t13-,14-,16+,20+/m1/s1. The smallest absolute Gasteiger partial charge is 0.258 e. The molecule has 0 aromatic heterocycles. The number of benzene rings is 1. The van der Waals surface area contributed by atoms with Gasteiger partial charge in [0.15, 0.2) is 5.72 Å². The molecular formula is C20H26N2O4. The number of methoxy groups -OCH3 is 1. The fourth-order valence-corrected chi connectivity index (χ4v) is 4.84. The average molecular weight is 358 g/mol. The fraction of sp³-hybridized carbons (Fsp3) is 0.600. The lowest BCUT2D eigenvalue weighted by Crippen LogP contribution is -2.66. The monoisotopic (exact) mass is 358 g/mol. The Morgan fingerprint density at radius 3 is 3.00 bits per heavy atom. The van der Waals surface area contributed by atoms with Gasteiger partial charge in [-0.1, -0.05) is 12.1 Å². The van der Waals surface area contributed by atoms with Gasteiger partial charge in [0, 0.05) is 38.5 Å². The summed E-state index contributed by atoms with van der Waals surface area (Å²) in [5, 5.41) is 6.17. The van der Waals surface area contributed by atoms with Crippen molar-refractivity contribution in [3.05, 3.63) is 29.8 Å². The molecule has 140 valence electrons. The molecule has 1 aromatic rings. The highest BCUT2D eigenvalue weighted by Crippen LogP contribution is 2.52. The molecule has 3 saturated carbocycles. The maximum absolute atomic E-state index is 12.6. The summed E-state index contributed by atoms with van der Waals surface area (Å²) in [4.78, 5) is 25.2. The molecule has 3 aliphatic carbocycles. The molecule has 2 bridgehead atoms. The van der Waals surface area contributed by atoms with E-state index in [1.807, 2.05) is 18.2 Å². The second kappa shape index (κ2) is 6.91. The molecule has 2 amide bonds. The van der Waals surface area contributed by atoms with Gasteiger partial charge in [-0.2, -0.15) is 0 Å². The van der Waals surface area contributed by atoms with Crippen LogP contribution in [0.25, 0.3) is 0 Å². The van der Waals surface area contributed by atoms with E-state index in [0.29, 0.717) is 30.9 Å². The van der Waals surface area contributed by atoms with Crippen LogP contribution < -0.4 is 15.4 Å². The summed E-state index contributed by atoms with van der Waals surface area (Å²) in [6, 6.07) is 7.38. The number of hydrogen-bond donors (Lipinski definition) is 2. The summed E-state index contributed by atoms with van der Waals surface area (Å²) in [7, 11) is 1.66. The van der Waals surface area contributed by atoms with Crippen LogP contribution >= 0.6 is 0 Å². The van der Waals surface area contributed by atoms with Crippen molar-refractivity contribution >= 4 is 11.8 Å². The summed E-state index contributed by atoms with van der Waals surface area (Å²) in [6.45, 7) is 1.30. The second-order valence-electron chi connectivity index (χ2n) is 7.66. The maximum Gasteiger partial charge on any atom is 0.258 e. The first kappa shape index (κ1) is 17.3. The minimum absolute atomic E-state index is 0.0135. The van der Waals surface area contributed by atoms with E-state index in [2.05, 4.69) is 10.6 Å². The van der Waals surface area contributed by atoms with Crippen molar-refractivity contribution < 1.29 is 19.1 Å². The van der Waals surface area contributed by atoms with Crippen LogP contribution in [0.3, 0.4) is 0 Å². The number of hydrogen-bond acceptors (Lipinski definition) is 4. The Labute approximate surface area is 153 Å². The summed E-state index contributed by atoms with van der Waals surface area (Å²) in [5.41, 5.74) is -0.0618. The first-order valence-electron chi connectivity index (χ1n) is 9.50. The number of carbonyl (C=O) groups excluding carboxylic acids is 2. The van der Waals surface area contributed by atoms with Gasteiger partial charge in [-0.25, -0.2) is 0 Å². The average Bonchev–Trinajstić information content (AvgIpc) is 2.65.